The van der Waals surface area contributed by atoms with Crippen molar-refractivity contribution in [2.24, 2.45) is 14.1 Å². The number of sulfonamides is 1. The first kappa shape index (κ1) is 24.2. The summed E-state index contributed by atoms with van der Waals surface area (Å²) >= 11 is 0. The molecule has 8 nitrogen and oxygen atoms in total. The Hall–Kier alpha value is -4.47. The van der Waals surface area contributed by atoms with Crippen molar-refractivity contribution in [3.05, 3.63) is 84.2 Å². The average molecular weight is 473 g/mol. The zero-order valence-corrected chi connectivity index (χ0v) is 19.8. The number of nitrogens with zero attached hydrogens (tertiary/aromatic N) is 4. The van der Waals surface area contributed by atoms with Gasteiger partial charge in [0.1, 0.15) is 23.5 Å². The van der Waals surface area contributed by atoms with Crippen LogP contribution in [0.1, 0.15) is 11.4 Å². The highest BCUT2D eigenvalue weighted by molar-refractivity contribution is 7.92. The van der Waals surface area contributed by atoms with E-state index < -0.39 is 10.0 Å². The molecule has 0 aliphatic heterocycles. The summed E-state index contributed by atoms with van der Waals surface area (Å²) < 4.78 is 28.3. The van der Waals surface area contributed by atoms with Gasteiger partial charge in [0.05, 0.1) is 6.26 Å². The maximum absolute atomic E-state index is 11.1. The van der Waals surface area contributed by atoms with E-state index in [9.17, 15) is 8.42 Å². The summed E-state index contributed by atoms with van der Waals surface area (Å²) in [5.41, 5.74) is 12.0. The predicted molar refractivity (Wildman–Crippen MR) is 134 cm³/mol. The maximum atomic E-state index is 11.1. The van der Waals surface area contributed by atoms with Gasteiger partial charge in [-0.1, -0.05) is 24.3 Å². The van der Waals surface area contributed by atoms with Crippen LogP contribution in [0.4, 0.5) is 11.4 Å². The monoisotopic (exact) mass is 472 g/mol. The Bertz CT molecular complexity index is 1480. The molecule has 172 valence electrons. The number of nitrogens with two attached hydrogens (primary N) is 1. The van der Waals surface area contributed by atoms with Gasteiger partial charge < -0.3 is 14.9 Å². The molecule has 0 saturated heterocycles. The number of nitrogens with one attached hydrogen (secondary N) is 1. The Morgan fingerprint density at radius 2 is 1.15 bits per heavy atom. The van der Waals surface area contributed by atoms with Crippen molar-refractivity contribution in [1.29, 1.82) is 10.5 Å². The first-order chi connectivity index (χ1) is 16.1. The number of nitrogen functional groups attached to an aromatic ring is 1. The molecule has 3 N–H and O–H groups in total. The number of benzene rings is 2. The molecule has 9 heteroatoms. The molecule has 0 bridgehead atoms. The van der Waals surface area contributed by atoms with Gasteiger partial charge >= 0.3 is 0 Å². The molecule has 34 heavy (non-hydrogen) atoms. The Morgan fingerprint density at radius 3 is 1.50 bits per heavy atom. The van der Waals surface area contributed by atoms with Crippen LogP contribution in [0.5, 0.6) is 0 Å². The number of hydrogen-bond donors (Lipinski definition) is 2. The lowest BCUT2D eigenvalue weighted by Gasteiger charge is -2.07. The van der Waals surface area contributed by atoms with Crippen molar-refractivity contribution in [1.82, 2.24) is 9.13 Å². The van der Waals surface area contributed by atoms with Crippen LogP contribution in [0.15, 0.2) is 72.8 Å². The molecule has 0 radical (unpaired) electrons. The van der Waals surface area contributed by atoms with E-state index in [-0.39, 0.29) is 0 Å². The molecule has 0 atom stereocenters. The topological polar surface area (TPSA) is 130 Å². The van der Waals surface area contributed by atoms with Gasteiger partial charge in [-0.05, 0) is 59.7 Å². The fourth-order valence-electron chi connectivity index (χ4n) is 3.40. The van der Waals surface area contributed by atoms with E-state index in [0.29, 0.717) is 17.1 Å². The molecule has 0 amide bonds. The minimum atomic E-state index is -3.26. The Balaban J connectivity index is 0.000000196. The van der Waals surface area contributed by atoms with E-state index in [1.807, 2.05) is 73.3 Å². The van der Waals surface area contributed by atoms with Gasteiger partial charge in [-0.15, -0.1) is 0 Å². The summed E-state index contributed by atoms with van der Waals surface area (Å²) in [6.45, 7) is 0. The van der Waals surface area contributed by atoms with Crippen LogP contribution >= 0.6 is 0 Å². The smallest absolute Gasteiger partial charge is 0.229 e. The molecule has 4 aromatic rings. The normalized spacial score (nSPS) is 10.5. The van der Waals surface area contributed by atoms with Crippen LogP contribution in [0.3, 0.4) is 0 Å². The van der Waals surface area contributed by atoms with Crippen LogP contribution in [-0.4, -0.2) is 23.8 Å². The quantitative estimate of drug-likeness (QED) is 0.432. The lowest BCUT2D eigenvalue weighted by Crippen LogP contribution is -2.09. The summed E-state index contributed by atoms with van der Waals surface area (Å²) in [6.07, 6.45) is 1.11. The summed E-state index contributed by atoms with van der Waals surface area (Å²) in [4.78, 5) is 0. The van der Waals surface area contributed by atoms with Crippen molar-refractivity contribution in [2.45, 2.75) is 0 Å². The standard InChI is InChI=1S/C13H13N3O2S.C12H11N3/c1-16-12(9-14)7-8-13(16)10-3-5-11(6-4-10)15-19(2,17)18;1-15-11(8-13)6-7-12(15)9-2-4-10(14)5-3-9/h3-8,15H,1-2H3;2-7H,14H2,1H3. The van der Waals surface area contributed by atoms with Gasteiger partial charge in [0.15, 0.2) is 0 Å². The van der Waals surface area contributed by atoms with Gasteiger partial charge in [-0.3, -0.25) is 4.72 Å². The van der Waals surface area contributed by atoms with Crippen molar-refractivity contribution in [3.63, 3.8) is 0 Å². The van der Waals surface area contributed by atoms with E-state index in [1.54, 1.807) is 22.8 Å². The second-order valence-electron chi connectivity index (χ2n) is 7.62. The lowest BCUT2D eigenvalue weighted by atomic mass is 10.1. The highest BCUT2D eigenvalue weighted by Crippen LogP contribution is 2.24. The third-order valence-electron chi connectivity index (χ3n) is 5.16. The molecule has 0 aliphatic carbocycles. The summed E-state index contributed by atoms with van der Waals surface area (Å²) in [7, 11) is 0.434. The largest absolute Gasteiger partial charge is 0.399 e. The fourth-order valence-corrected chi connectivity index (χ4v) is 3.97. The van der Waals surface area contributed by atoms with Gasteiger partial charge in [0.2, 0.25) is 10.0 Å². The van der Waals surface area contributed by atoms with E-state index in [2.05, 4.69) is 16.9 Å². The van der Waals surface area contributed by atoms with Crippen molar-refractivity contribution >= 4 is 21.4 Å². The van der Waals surface area contributed by atoms with Crippen molar-refractivity contribution in [3.8, 4) is 34.7 Å². The SMILES string of the molecule is Cn1c(C#N)ccc1-c1ccc(N)cc1.Cn1c(C#N)ccc1-c1ccc(NS(C)(=O)=O)cc1. The van der Waals surface area contributed by atoms with Gasteiger partial charge in [-0.2, -0.15) is 10.5 Å². The number of anilines is 2. The molecule has 0 fully saturated rings. The lowest BCUT2D eigenvalue weighted by molar-refractivity contribution is 0.607. The van der Waals surface area contributed by atoms with Crippen LogP contribution in [0.25, 0.3) is 22.5 Å². The molecule has 2 aromatic carbocycles. The predicted octanol–water partition coefficient (Wildman–Crippen LogP) is 4.08. The Labute approximate surface area is 199 Å². The third-order valence-corrected chi connectivity index (χ3v) is 5.77. The molecule has 2 heterocycles. The van der Waals surface area contributed by atoms with Crippen LogP contribution in [-0.2, 0) is 24.1 Å². The Morgan fingerprint density at radius 1 is 0.735 bits per heavy atom. The first-order valence-corrected chi connectivity index (χ1v) is 12.1. The highest BCUT2D eigenvalue weighted by Gasteiger charge is 2.08. The van der Waals surface area contributed by atoms with E-state index in [0.717, 1.165) is 34.5 Å². The number of hydrogen-bond acceptors (Lipinski definition) is 5. The summed E-state index contributed by atoms with van der Waals surface area (Å²) in [5.74, 6) is 0. The summed E-state index contributed by atoms with van der Waals surface area (Å²) in [5, 5.41) is 17.7. The fraction of sp³-hybridized carbons (Fsp3) is 0.120. The Kier molecular flexibility index (Phi) is 7.10. The van der Waals surface area contributed by atoms with E-state index >= 15 is 0 Å². The van der Waals surface area contributed by atoms with Gasteiger partial charge in [-0.25, -0.2) is 8.42 Å². The molecule has 2 aromatic heterocycles. The van der Waals surface area contributed by atoms with Crippen molar-refractivity contribution in [2.75, 3.05) is 16.7 Å². The molecule has 0 aliphatic rings. The number of rotatable bonds is 4. The zero-order valence-electron chi connectivity index (χ0n) is 19.0. The molecule has 0 unspecified atom stereocenters. The number of aromatic nitrogens is 2. The maximum Gasteiger partial charge on any atom is 0.229 e. The molecule has 0 saturated carbocycles. The molecular formula is C25H24N6O2S. The van der Waals surface area contributed by atoms with E-state index in [4.69, 9.17) is 16.3 Å². The minimum absolute atomic E-state index is 0.515. The highest BCUT2D eigenvalue weighted by atomic mass is 32.2. The van der Waals surface area contributed by atoms with Crippen LogP contribution < -0.4 is 10.5 Å². The molecule has 0 spiro atoms. The van der Waals surface area contributed by atoms with Gasteiger partial charge in [0.25, 0.3) is 0 Å². The van der Waals surface area contributed by atoms with E-state index in [1.165, 1.54) is 0 Å². The van der Waals surface area contributed by atoms with Crippen molar-refractivity contribution < 1.29 is 8.42 Å². The zero-order chi connectivity index (χ0) is 24.9. The third kappa shape index (κ3) is 5.66. The first-order valence-electron chi connectivity index (χ1n) is 10.2. The van der Waals surface area contributed by atoms with Gasteiger partial charge in [0, 0.05) is 36.9 Å². The van der Waals surface area contributed by atoms with Crippen LogP contribution in [0.2, 0.25) is 0 Å². The second-order valence-corrected chi connectivity index (χ2v) is 9.37. The van der Waals surface area contributed by atoms with Crippen LogP contribution in [0, 0.1) is 22.7 Å². The molecule has 4 rings (SSSR count). The average Bonchev–Trinajstić information content (AvgIpc) is 3.36. The number of nitriles is 2. The minimum Gasteiger partial charge on any atom is -0.399 e. The molecular weight excluding hydrogens is 448 g/mol. The summed E-state index contributed by atoms with van der Waals surface area (Å²) in [6, 6.07) is 26.2. The second kappa shape index (κ2) is 9.99.